The SMILES string of the molecule is CCCc1nc2cnc3ccccc3c2n1CCCC(C)O. The number of rotatable bonds is 6. The third kappa shape index (κ3) is 2.83. The molecule has 0 aliphatic rings. The Kier molecular flexibility index (Phi) is 4.39. The van der Waals surface area contributed by atoms with Crippen molar-refractivity contribution in [1.29, 1.82) is 0 Å². The van der Waals surface area contributed by atoms with Crippen LogP contribution in [-0.2, 0) is 13.0 Å². The number of aryl methyl sites for hydroxylation is 2. The summed E-state index contributed by atoms with van der Waals surface area (Å²) in [5, 5.41) is 10.7. The number of fused-ring (bicyclic) bond motifs is 3. The maximum absolute atomic E-state index is 9.50. The molecule has 1 unspecified atom stereocenters. The van der Waals surface area contributed by atoms with Gasteiger partial charge < -0.3 is 9.67 Å². The summed E-state index contributed by atoms with van der Waals surface area (Å²) in [7, 11) is 0. The van der Waals surface area contributed by atoms with Gasteiger partial charge in [-0.15, -0.1) is 0 Å². The van der Waals surface area contributed by atoms with Crippen molar-refractivity contribution in [3.05, 3.63) is 36.3 Å². The molecule has 4 heteroatoms. The van der Waals surface area contributed by atoms with E-state index >= 15 is 0 Å². The summed E-state index contributed by atoms with van der Waals surface area (Å²) in [5.74, 6) is 1.13. The van der Waals surface area contributed by atoms with E-state index in [0.29, 0.717) is 0 Å². The van der Waals surface area contributed by atoms with Crippen LogP contribution in [0.4, 0.5) is 0 Å². The Bertz CT molecular complexity index is 776. The van der Waals surface area contributed by atoms with E-state index in [4.69, 9.17) is 4.98 Å². The lowest BCUT2D eigenvalue weighted by atomic mass is 10.2. The molecule has 0 radical (unpaired) electrons. The van der Waals surface area contributed by atoms with Crippen molar-refractivity contribution < 1.29 is 5.11 Å². The van der Waals surface area contributed by atoms with Gasteiger partial charge in [0, 0.05) is 18.4 Å². The Morgan fingerprint density at radius 3 is 2.82 bits per heavy atom. The van der Waals surface area contributed by atoms with E-state index in [1.54, 1.807) is 0 Å². The van der Waals surface area contributed by atoms with Gasteiger partial charge in [-0.1, -0.05) is 25.1 Å². The second-order valence-electron chi connectivity index (χ2n) is 5.93. The summed E-state index contributed by atoms with van der Waals surface area (Å²) in [6.45, 7) is 4.92. The van der Waals surface area contributed by atoms with Crippen LogP contribution in [0.1, 0.15) is 38.9 Å². The van der Waals surface area contributed by atoms with Gasteiger partial charge in [-0.3, -0.25) is 4.98 Å². The third-order valence-electron chi connectivity index (χ3n) is 4.04. The Labute approximate surface area is 130 Å². The van der Waals surface area contributed by atoms with Crippen LogP contribution in [0.15, 0.2) is 30.5 Å². The average Bonchev–Trinajstić information content (AvgIpc) is 2.86. The Balaban J connectivity index is 2.11. The predicted molar refractivity (Wildman–Crippen MR) is 89.9 cm³/mol. The Morgan fingerprint density at radius 2 is 2.05 bits per heavy atom. The van der Waals surface area contributed by atoms with Gasteiger partial charge in [0.1, 0.15) is 11.3 Å². The molecule has 22 heavy (non-hydrogen) atoms. The first kappa shape index (κ1) is 15.0. The molecule has 1 aromatic carbocycles. The van der Waals surface area contributed by atoms with Crippen LogP contribution in [0, 0.1) is 0 Å². The Hall–Kier alpha value is -1.94. The fourth-order valence-corrected chi connectivity index (χ4v) is 3.01. The number of para-hydroxylation sites is 1. The van der Waals surface area contributed by atoms with E-state index in [9.17, 15) is 5.11 Å². The van der Waals surface area contributed by atoms with Gasteiger partial charge in [0.05, 0.1) is 23.3 Å². The maximum Gasteiger partial charge on any atom is 0.109 e. The lowest BCUT2D eigenvalue weighted by molar-refractivity contribution is 0.179. The van der Waals surface area contributed by atoms with E-state index in [1.807, 2.05) is 25.3 Å². The van der Waals surface area contributed by atoms with Crippen LogP contribution in [-0.4, -0.2) is 25.7 Å². The first-order chi connectivity index (χ1) is 10.7. The number of nitrogens with zero attached hydrogens (tertiary/aromatic N) is 3. The van der Waals surface area contributed by atoms with Crippen molar-refractivity contribution in [2.75, 3.05) is 0 Å². The van der Waals surface area contributed by atoms with E-state index in [2.05, 4.69) is 28.6 Å². The van der Waals surface area contributed by atoms with Crippen LogP contribution >= 0.6 is 0 Å². The Morgan fingerprint density at radius 1 is 1.23 bits per heavy atom. The minimum atomic E-state index is -0.247. The molecule has 2 heterocycles. The molecular formula is C18H23N3O. The molecule has 3 aromatic rings. The normalized spacial score (nSPS) is 13.0. The number of hydrogen-bond acceptors (Lipinski definition) is 3. The summed E-state index contributed by atoms with van der Waals surface area (Å²) < 4.78 is 2.32. The maximum atomic E-state index is 9.50. The van der Waals surface area contributed by atoms with Crippen molar-refractivity contribution in [2.45, 2.75) is 52.2 Å². The number of aliphatic hydroxyl groups excluding tert-OH is 1. The molecule has 0 saturated carbocycles. The topological polar surface area (TPSA) is 50.9 Å². The molecule has 0 amide bonds. The average molecular weight is 297 g/mol. The second-order valence-corrected chi connectivity index (χ2v) is 5.93. The van der Waals surface area contributed by atoms with Crippen LogP contribution < -0.4 is 0 Å². The highest BCUT2D eigenvalue weighted by atomic mass is 16.3. The molecule has 0 spiro atoms. The number of aromatic nitrogens is 3. The summed E-state index contributed by atoms with van der Waals surface area (Å²) in [6.07, 6.45) is 5.44. The van der Waals surface area contributed by atoms with Gasteiger partial charge in [-0.05, 0) is 32.3 Å². The highest BCUT2D eigenvalue weighted by Gasteiger charge is 2.13. The van der Waals surface area contributed by atoms with E-state index in [-0.39, 0.29) is 6.10 Å². The number of hydrogen-bond donors (Lipinski definition) is 1. The molecule has 2 aromatic heterocycles. The molecule has 0 aliphatic heterocycles. The summed E-state index contributed by atoms with van der Waals surface area (Å²) in [4.78, 5) is 9.30. The molecule has 116 valence electrons. The standard InChI is InChI=1S/C18H23N3O/c1-3-7-17-20-16-12-19-15-10-5-4-9-14(15)18(16)21(17)11-6-8-13(2)22/h4-5,9-10,12-13,22H,3,6-8,11H2,1-2H3. The molecule has 0 fully saturated rings. The molecule has 1 atom stereocenters. The smallest absolute Gasteiger partial charge is 0.109 e. The molecule has 0 saturated heterocycles. The number of pyridine rings is 1. The largest absolute Gasteiger partial charge is 0.393 e. The van der Waals surface area contributed by atoms with Crippen molar-refractivity contribution in [3.63, 3.8) is 0 Å². The molecule has 1 N–H and O–H groups in total. The zero-order valence-corrected chi connectivity index (χ0v) is 13.3. The summed E-state index contributed by atoms with van der Waals surface area (Å²) in [6, 6.07) is 8.23. The molecule has 4 nitrogen and oxygen atoms in total. The second kappa shape index (κ2) is 6.44. The van der Waals surface area contributed by atoms with E-state index in [1.165, 1.54) is 5.52 Å². The minimum Gasteiger partial charge on any atom is -0.393 e. The first-order valence-corrected chi connectivity index (χ1v) is 8.11. The van der Waals surface area contributed by atoms with Gasteiger partial charge >= 0.3 is 0 Å². The highest BCUT2D eigenvalue weighted by molar-refractivity contribution is 6.02. The van der Waals surface area contributed by atoms with E-state index < -0.39 is 0 Å². The summed E-state index contributed by atoms with van der Waals surface area (Å²) >= 11 is 0. The van der Waals surface area contributed by atoms with Gasteiger partial charge in [-0.2, -0.15) is 0 Å². The van der Waals surface area contributed by atoms with E-state index in [0.717, 1.165) is 54.5 Å². The van der Waals surface area contributed by atoms with Gasteiger partial charge in [0.2, 0.25) is 0 Å². The number of aliphatic hydroxyl groups is 1. The summed E-state index contributed by atoms with van der Waals surface area (Å²) in [5.41, 5.74) is 3.16. The lowest BCUT2D eigenvalue weighted by Gasteiger charge is -2.11. The molecule has 0 bridgehead atoms. The zero-order valence-electron chi connectivity index (χ0n) is 13.3. The van der Waals surface area contributed by atoms with Crippen LogP contribution in [0.2, 0.25) is 0 Å². The molecular weight excluding hydrogens is 274 g/mol. The number of imidazole rings is 1. The van der Waals surface area contributed by atoms with Crippen LogP contribution in [0.25, 0.3) is 21.9 Å². The number of benzene rings is 1. The third-order valence-corrected chi connectivity index (χ3v) is 4.04. The lowest BCUT2D eigenvalue weighted by Crippen LogP contribution is -2.07. The fourth-order valence-electron chi connectivity index (χ4n) is 3.01. The fraction of sp³-hybridized carbons (Fsp3) is 0.444. The van der Waals surface area contributed by atoms with Gasteiger partial charge in [-0.25, -0.2) is 4.98 Å². The van der Waals surface area contributed by atoms with Crippen molar-refractivity contribution in [1.82, 2.24) is 14.5 Å². The van der Waals surface area contributed by atoms with Crippen molar-refractivity contribution in [3.8, 4) is 0 Å². The quantitative estimate of drug-likeness (QED) is 0.755. The van der Waals surface area contributed by atoms with Gasteiger partial charge in [0.25, 0.3) is 0 Å². The van der Waals surface area contributed by atoms with Crippen LogP contribution in [0.3, 0.4) is 0 Å². The molecule has 3 rings (SSSR count). The van der Waals surface area contributed by atoms with Crippen LogP contribution in [0.5, 0.6) is 0 Å². The first-order valence-electron chi connectivity index (χ1n) is 8.11. The monoisotopic (exact) mass is 297 g/mol. The van der Waals surface area contributed by atoms with Gasteiger partial charge in [0.15, 0.2) is 0 Å². The van der Waals surface area contributed by atoms with Crippen molar-refractivity contribution >= 4 is 21.9 Å². The minimum absolute atomic E-state index is 0.247. The predicted octanol–water partition coefficient (Wildman–Crippen LogP) is 3.70. The van der Waals surface area contributed by atoms with Crippen molar-refractivity contribution in [2.24, 2.45) is 0 Å². The zero-order chi connectivity index (χ0) is 15.5. The highest BCUT2D eigenvalue weighted by Crippen LogP contribution is 2.25. The molecule has 0 aliphatic carbocycles.